The fourth-order valence-corrected chi connectivity index (χ4v) is 3.25. The van der Waals surface area contributed by atoms with Crippen molar-refractivity contribution in [1.29, 1.82) is 0 Å². The number of ketones is 1. The van der Waals surface area contributed by atoms with E-state index >= 15 is 0 Å². The lowest BCUT2D eigenvalue weighted by atomic mass is 9.56. The first-order valence-corrected chi connectivity index (χ1v) is 7.51. The van der Waals surface area contributed by atoms with Crippen LogP contribution in [0.2, 0.25) is 5.82 Å². The fraction of sp³-hybridized carbons (Fsp3) is 0.933. The van der Waals surface area contributed by atoms with E-state index in [0.29, 0.717) is 24.0 Å². The lowest BCUT2D eigenvalue weighted by Crippen LogP contribution is -2.41. The highest BCUT2D eigenvalue weighted by molar-refractivity contribution is 6.48. The lowest BCUT2D eigenvalue weighted by Gasteiger charge is -2.34. The molecule has 19 heavy (non-hydrogen) atoms. The van der Waals surface area contributed by atoms with Crippen molar-refractivity contribution >= 4 is 12.9 Å². The van der Waals surface area contributed by atoms with E-state index in [1.54, 1.807) is 0 Å². The van der Waals surface area contributed by atoms with Crippen LogP contribution in [0.3, 0.4) is 0 Å². The summed E-state index contributed by atoms with van der Waals surface area (Å²) in [5.74, 6) is 1.66. The molecule has 3 nitrogen and oxygen atoms in total. The number of hydrogen-bond donors (Lipinski definition) is 0. The molecule has 108 valence electrons. The van der Waals surface area contributed by atoms with Gasteiger partial charge >= 0.3 is 7.12 Å². The number of Topliss-reactive ketones (excluding diaryl/α,β-unsaturated/α-hetero) is 1. The second-order valence-corrected chi connectivity index (χ2v) is 7.48. The Labute approximate surface area is 117 Å². The molecular formula is C15H27BO3. The predicted octanol–water partition coefficient (Wildman–Crippen LogP) is 3.47. The van der Waals surface area contributed by atoms with Crippen LogP contribution in [0.5, 0.6) is 0 Å². The summed E-state index contributed by atoms with van der Waals surface area (Å²) in [6, 6.07) is 0. The van der Waals surface area contributed by atoms with Gasteiger partial charge in [-0.2, -0.15) is 0 Å². The Balaban J connectivity index is 2.17. The topological polar surface area (TPSA) is 35.5 Å². The van der Waals surface area contributed by atoms with Crippen LogP contribution < -0.4 is 0 Å². The minimum atomic E-state index is -0.306. The zero-order valence-electron chi connectivity index (χ0n) is 13.2. The molecule has 0 aromatic carbocycles. The second kappa shape index (κ2) is 4.89. The van der Waals surface area contributed by atoms with Crippen LogP contribution in [0.1, 0.15) is 60.8 Å². The van der Waals surface area contributed by atoms with E-state index < -0.39 is 0 Å². The maximum Gasteiger partial charge on any atom is 0.461 e. The first-order valence-electron chi connectivity index (χ1n) is 7.51. The molecule has 2 fully saturated rings. The molecule has 2 aliphatic rings. The van der Waals surface area contributed by atoms with Crippen molar-refractivity contribution < 1.29 is 14.1 Å². The molecule has 0 spiro atoms. The zero-order chi connectivity index (χ0) is 14.4. The summed E-state index contributed by atoms with van der Waals surface area (Å²) in [6.07, 6.45) is 2.31. The van der Waals surface area contributed by atoms with Crippen molar-refractivity contribution in [3.05, 3.63) is 0 Å². The molecule has 1 saturated heterocycles. The molecule has 2 atom stereocenters. The molecule has 0 radical (unpaired) electrons. The van der Waals surface area contributed by atoms with Crippen LogP contribution in [0, 0.1) is 11.8 Å². The van der Waals surface area contributed by atoms with Crippen LogP contribution in [-0.2, 0) is 14.1 Å². The summed E-state index contributed by atoms with van der Waals surface area (Å²) >= 11 is 0. The van der Waals surface area contributed by atoms with Gasteiger partial charge in [0, 0.05) is 18.7 Å². The molecule has 0 aromatic heterocycles. The Kier molecular flexibility index (Phi) is 3.87. The average Bonchev–Trinajstić information content (AvgIpc) is 2.47. The molecule has 0 N–H and O–H groups in total. The standard InChI is InChI=1S/C15H27BO3/c1-10(2)12-8-7-11(17)9-13(12)16-18-14(3,4)15(5,6)19-16/h10,12-13H,7-9H2,1-6H3. The Morgan fingerprint density at radius 1 is 1.16 bits per heavy atom. The number of carbonyl (C=O) groups excluding carboxylic acids is 1. The largest absolute Gasteiger partial charge is 0.461 e. The summed E-state index contributed by atoms with van der Waals surface area (Å²) in [6.45, 7) is 12.8. The third kappa shape index (κ3) is 2.75. The number of hydrogen-bond acceptors (Lipinski definition) is 3. The molecule has 1 saturated carbocycles. The van der Waals surface area contributed by atoms with E-state index in [1.807, 2.05) is 0 Å². The van der Waals surface area contributed by atoms with E-state index in [4.69, 9.17) is 9.31 Å². The van der Waals surface area contributed by atoms with Crippen LogP contribution in [0.25, 0.3) is 0 Å². The van der Waals surface area contributed by atoms with Crippen molar-refractivity contribution in [2.45, 2.75) is 77.8 Å². The summed E-state index contributed by atoms with van der Waals surface area (Å²) in [5.41, 5.74) is -0.612. The van der Waals surface area contributed by atoms with Crippen LogP contribution in [0.15, 0.2) is 0 Å². The van der Waals surface area contributed by atoms with Gasteiger partial charge in [0.05, 0.1) is 11.2 Å². The highest BCUT2D eigenvalue weighted by Gasteiger charge is 2.55. The van der Waals surface area contributed by atoms with Crippen molar-refractivity contribution in [2.75, 3.05) is 0 Å². The molecule has 1 heterocycles. The van der Waals surface area contributed by atoms with Gasteiger partial charge < -0.3 is 9.31 Å². The van der Waals surface area contributed by atoms with Gasteiger partial charge in [-0.3, -0.25) is 4.79 Å². The average molecular weight is 266 g/mol. The van der Waals surface area contributed by atoms with Crippen molar-refractivity contribution in [1.82, 2.24) is 0 Å². The normalized spacial score (nSPS) is 34.1. The molecule has 2 rings (SSSR count). The predicted molar refractivity (Wildman–Crippen MR) is 77.0 cm³/mol. The molecule has 1 aliphatic heterocycles. The molecule has 1 aliphatic carbocycles. The van der Waals surface area contributed by atoms with Crippen LogP contribution >= 0.6 is 0 Å². The van der Waals surface area contributed by atoms with Gasteiger partial charge in [-0.25, -0.2) is 0 Å². The van der Waals surface area contributed by atoms with Gasteiger partial charge in [0.25, 0.3) is 0 Å². The monoisotopic (exact) mass is 266 g/mol. The van der Waals surface area contributed by atoms with E-state index in [2.05, 4.69) is 41.5 Å². The zero-order valence-corrected chi connectivity index (χ0v) is 13.2. The SMILES string of the molecule is CC(C)C1CCC(=O)CC1B1OC(C)(C)C(C)(C)O1. The molecule has 4 heteroatoms. The third-order valence-electron chi connectivity index (χ3n) is 5.25. The van der Waals surface area contributed by atoms with Crippen molar-refractivity contribution in [2.24, 2.45) is 11.8 Å². The summed E-state index contributed by atoms with van der Waals surface area (Å²) in [5, 5.41) is 0. The molecule has 0 bridgehead atoms. The summed E-state index contributed by atoms with van der Waals surface area (Å²) in [7, 11) is -0.235. The molecule has 0 aromatic rings. The van der Waals surface area contributed by atoms with E-state index in [-0.39, 0.29) is 24.1 Å². The summed E-state index contributed by atoms with van der Waals surface area (Å²) in [4.78, 5) is 11.8. The van der Waals surface area contributed by atoms with Gasteiger partial charge in [-0.1, -0.05) is 13.8 Å². The quantitative estimate of drug-likeness (QED) is 0.718. The van der Waals surface area contributed by atoms with E-state index in [9.17, 15) is 4.79 Å². The minimum Gasteiger partial charge on any atom is -0.403 e. The second-order valence-electron chi connectivity index (χ2n) is 7.48. The lowest BCUT2D eigenvalue weighted by molar-refractivity contribution is -0.121. The highest BCUT2D eigenvalue weighted by Crippen LogP contribution is 2.47. The third-order valence-corrected chi connectivity index (χ3v) is 5.25. The number of rotatable bonds is 2. The fourth-order valence-electron chi connectivity index (χ4n) is 3.25. The Bertz CT molecular complexity index is 346. The Morgan fingerprint density at radius 3 is 2.16 bits per heavy atom. The Hall–Kier alpha value is -0.345. The molecular weight excluding hydrogens is 239 g/mol. The van der Waals surface area contributed by atoms with Gasteiger partial charge in [0.15, 0.2) is 0 Å². The maximum atomic E-state index is 11.8. The first kappa shape index (κ1) is 15.1. The van der Waals surface area contributed by atoms with Crippen molar-refractivity contribution in [3.63, 3.8) is 0 Å². The van der Waals surface area contributed by atoms with Crippen LogP contribution in [0.4, 0.5) is 0 Å². The maximum absolute atomic E-state index is 11.8. The summed E-state index contributed by atoms with van der Waals surface area (Å²) < 4.78 is 12.3. The van der Waals surface area contributed by atoms with E-state index in [1.165, 1.54) is 0 Å². The number of carbonyl (C=O) groups is 1. The Morgan fingerprint density at radius 2 is 1.68 bits per heavy atom. The first-order chi connectivity index (χ1) is 8.64. The van der Waals surface area contributed by atoms with E-state index in [0.717, 1.165) is 12.8 Å². The highest BCUT2D eigenvalue weighted by atomic mass is 16.7. The molecule has 0 amide bonds. The van der Waals surface area contributed by atoms with Gasteiger partial charge in [0.1, 0.15) is 5.78 Å². The molecule has 2 unspecified atom stereocenters. The van der Waals surface area contributed by atoms with Crippen LogP contribution in [-0.4, -0.2) is 24.1 Å². The van der Waals surface area contributed by atoms with Gasteiger partial charge in [0.2, 0.25) is 0 Å². The van der Waals surface area contributed by atoms with Crippen molar-refractivity contribution in [3.8, 4) is 0 Å². The minimum absolute atomic E-state index is 0.210. The van der Waals surface area contributed by atoms with Gasteiger partial charge in [-0.15, -0.1) is 0 Å². The smallest absolute Gasteiger partial charge is 0.403 e. The van der Waals surface area contributed by atoms with Gasteiger partial charge in [-0.05, 0) is 46.0 Å².